The highest BCUT2D eigenvalue weighted by Crippen LogP contribution is 2.17. The number of benzene rings is 1. The van der Waals surface area contributed by atoms with Gasteiger partial charge in [-0.05, 0) is 29.1 Å². The van der Waals surface area contributed by atoms with E-state index in [0.29, 0.717) is 5.56 Å². The molecule has 1 aromatic heterocycles. The first-order chi connectivity index (χ1) is 10.5. The molecule has 114 valence electrons. The molecule has 1 aromatic carbocycles. The third-order valence-corrected chi connectivity index (χ3v) is 3.90. The van der Waals surface area contributed by atoms with Gasteiger partial charge in [-0.3, -0.25) is 4.79 Å². The number of hydrogen-bond donors (Lipinski definition) is 4. The van der Waals surface area contributed by atoms with Crippen LogP contribution < -0.4 is 5.32 Å². The lowest BCUT2D eigenvalue weighted by molar-refractivity contribution is -0.120. The van der Waals surface area contributed by atoms with Gasteiger partial charge in [0.25, 0.3) is 0 Å². The maximum absolute atomic E-state index is 12.0. The van der Waals surface area contributed by atoms with E-state index in [0.717, 1.165) is 4.88 Å². The van der Waals surface area contributed by atoms with Crippen LogP contribution in [0.2, 0.25) is 0 Å². The Balaban J connectivity index is 2.14. The number of nitrogens with one attached hydrogen (secondary N) is 1. The lowest BCUT2D eigenvalue weighted by Gasteiger charge is -2.18. The minimum Gasteiger partial charge on any atom is -0.478 e. The summed E-state index contributed by atoms with van der Waals surface area (Å²) in [7, 11) is -1.84. The number of thiophene rings is 1. The van der Waals surface area contributed by atoms with E-state index in [1.807, 2.05) is 11.4 Å². The van der Waals surface area contributed by atoms with Crippen LogP contribution in [-0.2, 0) is 11.2 Å². The Bertz CT molecular complexity index is 659. The third-order valence-electron chi connectivity index (χ3n) is 3.02. The molecule has 1 atom stereocenters. The molecule has 0 aliphatic heterocycles. The summed E-state index contributed by atoms with van der Waals surface area (Å²) in [5.74, 6) is -2.59. The van der Waals surface area contributed by atoms with Crippen LogP contribution in [0.25, 0.3) is 0 Å². The number of hydrogen-bond acceptors (Lipinski definition) is 5. The minimum absolute atomic E-state index is 0.00987. The SMILES string of the molecule is O=C(Cc1cccs1)N[C@@H](B(O)O)c1cccc(C(=O)O)c1. The smallest absolute Gasteiger partial charge is 0.478 e. The highest BCUT2D eigenvalue weighted by atomic mass is 32.1. The van der Waals surface area contributed by atoms with Gasteiger partial charge in [0, 0.05) is 4.88 Å². The van der Waals surface area contributed by atoms with E-state index in [2.05, 4.69) is 5.32 Å². The summed E-state index contributed by atoms with van der Waals surface area (Å²) >= 11 is 1.43. The molecule has 1 heterocycles. The quantitative estimate of drug-likeness (QED) is 0.591. The zero-order chi connectivity index (χ0) is 16.1. The van der Waals surface area contributed by atoms with Gasteiger partial charge < -0.3 is 20.5 Å². The molecular weight excluding hydrogens is 305 g/mol. The second-order valence-corrected chi connectivity index (χ2v) is 5.68. The van der Waals surface area contributed by atoms with Crippen LogP contribution in [0.4, 0.5) is 0 Å². The summed E-state index contributed by atoms with van der Waals surface area (Å²) in [6, 6.07) is 9.33. The Kier molecular flexibility index (Phi) is 5.32. The number of rotatable bonds is 6. The molecule has 0 saturated heterocycles. The zero-order valence-electron chi connectivity index (χ0n) is 11.5. The van der Waals surface area contributed by atoms with Crippen molar-refractivity contribution in [2.24, 2.45) is 0 Å². The molecule has 4 N–H and O–H groups in total. The van der Waals surface area contributed by atoms with E-state index in [1.54, 1.807) is 6.07 Å². The summed E-state index contributed by atoms with van der Waals surface area (Å²) < 4.78 is 0. The molecule has 0 radical (unpaired) electrons. The monoisotopic (exact) mass is 319 g/mol. The normalized spacial score (nSPS) is 11.7. The topological polar surface area (TPSA) is 107 Å². The fourth-order valence-electron chi connectivity index (χ4n) is 1.99. The average Bonchev–Trinajstić information content (AvgIpc) is 2.97. The Morgan fingerprint density at radius 3 is 2.59 bits per heavy atom. The van der Waals surface area contributed by atoms with Gasteiger partial charge in [-0.1, -0.05) is 18.2 Å². The molecule has 8 heteroatoms. The maximum atomic E-state index is 12.0. The second-order valence-electron chi connectivity index (χ2n) is 4.65. The highest BCUT2D eigenvalue weighted by molar-refractivity contribution is 7.10. The predicted octanol–water partition coefficient (Wildman–Crippen LogP) is 0.858. The molecule has 0 unspecified atom stereocenters. The van der Waals surface area contributed by atoms with Crippen molar-refractivity contribution < 1.29 is 24.7 Å². The van der Waals surface area contributed by atoms with Gasteiger partial charge in [0.05, 0.1) is 17.9 Å². The number of carbonyl (C=O) groups is 2. The molecule has 0 aliphatic rings. The van der Waals surface area contributed by atoms with Crippen LogP contribution in [0.5, 0.6) is 0 Å². The first kappa shape index (κ1) is 16.2. The van der Waals surface area contributed by atoms with Crippen LogP contribution >= 0.6 is 11.3 Å². The molecule has 2 rings (SSSR count). The van der Waals surface area contributed by atoms with Crippen molar-refractivity contribution in [3.8, 4) is 0 Å². The summed E-state index contributed by atoms with van der Waals surface area (Å²) in [5, 5.41) is 32.3. The number of carbonyl (C=O) groups excluding carboxylic acids is 1. The average molecular weight is 319 g/mol. The van der Waals surface area contributed by atoms with Gasteiger partial charge >= 0.3 is 13.1 Å². The predicted molar refractivity (Wildman–Crippen MR) is 82.5 cm³/mol. The highest BCUT2D eigenvalue weighted by Gasteiger charge is 2.27. The number of amides is 1. The van der Waals surface area contributed by atoms with Crippen molar-refractivity contribution in [3.63, 3.8) is 0 Å². The van der Waals surface area contributed by atoms with Crippen molar-refractivity contribution >= 4 is 30.3 Å². The van der Waals surface area contributed by atoms with E-state index in [1.165, 1.54) is 35.6 Å². The standard InChI is InChI=1S/C14H14BNO5S/c17-12(8-11-5-2-6-22-11)16-13(15(20)21)9-3-1-4-10(7-9)14(18)19/h1-7,13,20-21H,8H2,(H,16,17)(H,18,19)/t13-/m1/s1. The Labute approximate surface area is 131 Å². The zero-order valence-corrected chi connectivity index (χ0v) is 12.3. The van der Waals surface area contributed by atoms with Crippen molar-refractivity contribution in [1.29, 1.82) is 0 Å². The van der Waals surface area contributed by atoms with Crippen LogP contribution in [0, 0.1) is 0 Å². The maximum Gasteiger partial charge on any atom is 0.480 e. The third kappa shape index (κ3) is 4.17. The lowest BCUT2D eigenvalue weighted by atomic mass is 9.74. The lowest BCUT2D eigenvalue weighted by Crippen LogP contribution is -2.40. The van der Waals surface area contributed by atoms with Gasteiger partial charge in [0.1, 0.15) is 0 Å². The van der Waals surface area contributed by atoms with E-state index >= 15 is 0 Å². The molecule has 2 aromatic rings. The molecule has 1 amide bonds. The summed E-state index contributed by atoms with van der Waals surface area (Å²) in [4.78, 5) is 23.8. The van der Waals surface area contributed by atoms with Gasteiger partial charge in [-0.25, -0.2) is 4.79 Å². The Morgan fingerprint density at radius 1 is 1.23 bits per heavy atom. The van der Waals surface area contributed by atoms with Gasteiger partial charge in [0.2, 0.25) is 5.91 Å². The Morgan fingerprint density at radius 2 is 2.00 bits per heavy atom. The number of carboxylic acids is 1. The molecular formula is C14H14BNO5S. The molecule has 0 aliphatic carbocycles. The summed E-state index contributed by atoms with van der Waals surface area (Å²) in [6.07, 6.45) is 0.125. The fourth-order valence-corrected chi connectivity index (χ4v) is 2.69. The van der Waals surface area contributed by atoms with Crippen LogP contribution in [-0.4, -0.2) is 34.1 Å². The summed E-state index contributed by atoms with van der Waals surface area (Å²) in [5.41, 5.74) is 0.324. The first-order valence-electron chi connectivity index (χ1n) is 6.48. The molecule has 0 spiro atoms. The van der Waals surface area contributed by atoms with Crippen molar-refractivity contribution in [2.75, 3.05) is 0 Å². The van der Waals surface area contributed by atoms with E-state index < -0.39 is 19.0 Å². The van der Waals surface area contributed by atoms with Crippen molar-refractivity contribution in [2.45, 2.75) is 12.4 Å². The van der Waals surface area contributed by atoms with Crippen LogP contribution in [0.1, 0.15) is 26.7 Å². The van der Waals surface area contributed by atoms with Crippen molar-refractivity contribution in [3.05, 3.63) is 57.8 Å². The van der Waals surface area contributed by atoms with Crippen molar-refractivity contribution in [1.82, 2.24) is 5.32 Å². The molecule has 22 heavy (non-hydrogen) atoms. The van der Waals surface area contributed by atoms with Gasteiger partial charge in [-0.15, -0.1) is 11.3 Å². The van der Waals surface area contributed by atoms with E-state index in [-0.39, 0.29) is 17.9 Å². The summed E-state index contributed by atoms with van der Waals surface area (Å²) in [6.45, 7) is 0. The molecule has 0 saturated carbocycles. The fraction of sp³-hybridized carbons (Fsp3) is 0.143. The molecule has 6 nitrogen and oxygen atoms in total. The van der Waals surface area contributed by atoms with Crippen LogP contribution in [0.15, 0.2) is 41.8 Å². The number of aromatic carboxylic acids is 1. The second kappa shape index (κ2) is 7.21. The van der Waals surface area contributed by atoms with Gasteiger partial charge in [-0.2, -0.15) is 0 Å². The minimum atomic E-state index is -1.84. The Hall–Kier alpha value is -2.16. The van der Waals surface area contributed by atoms with E-state index in [4.69, 9.17) is 5.11 Å². The van der Waals surface area contributed by atoms with Crippen LogP contribution in [0.3, 0.4) is 0 Å². The van der Waals surface area contributed by atoms with Gasteiger partial charge in [0.15, 0.2) is 0 Å². The van der Waals surface area contributed by atoms with E-state index in [9.17, 15) is 19.6 Å². The molecule has 0 fully saturated rings. The first-order valence-corrected chi connectivity index (χ1v) is 7.36. The number of carboxylic acid groups (broad SMARTS) is 1. The largest absolute Gasteiger partial charge is 0.480 e. The molecule has 0 bridgehead atoms.